The number of ether oxygens (including phenoxy) is 1. The van der Waals surface area contributed by atoms with Crippen molar-refractivity contribution in [3.05, 3.63) is 53.1 Å². The van der Waals surface area contributed by atoms with Crippen LogP contribution in [0.4, 0.5) is 11.4 Å². The molecule has 156 valence electrons. The summed E-state index contributed by atoms with van der Waals surface area (Å²) in [5.41, 5.74) is 1.17. The highest BCUT2D eigenvalue weighted by Gasteiger charge is 2.18. The highest BCUT2D eigenvalue weighted by atomic mass is 35.5. The third-order valence-electron chi connectivity index (χ3n) is 4.61. The van der Waals surface area contributed by atoms with Gasteiger partial charge in [-0.15, -0.1) is 0 Å². The zero-order valence-corrected chi connectivity index (χ0v) is 17.9. The van der Waals surface area contributed by atoms with Gasteiger partial charge >= 0.3 is 0 Å². The molecule has 2 aromatic rings. The van der Waals surface area contributed by atoms with Crippen LogP contribution in [0.25, 0.3) is 0 Å². The van der Waals surface area contributed by atoms with Crippen molar-refractivity contribution in [1.29, 1.82) is 0 Å². The maximum Gasteiger partial charge on any atom is 0.255 e. The van der Waals surface area contributed by atoms with Crippen LogP contribution in [0.5, 0.6) is 5.75 Å². The van der Waals surface area contributed by atoms with Crippen molar-refractivity contribution in [2.45, 2.75) is 18.9 Å². The second kappa shape index (κ2) is 9.02. The van der Waals surface area contributed by atoms with Gasteiger partial charge in [-0.25, -0.2) is 8.42 Å². The molecule has 0 bridgehead atoms. The van der Waals surface area contributed by atoms with Gasteiger partial charge in [0, 0.05) is 24.3 Å². The molecular formula is C20H24ClN3O4S. The third kappa shape index (κ3) is 6.35. The van der Waals surface area contributed by atoms with Crippen LogP contribution >= 0.6 is 11.6 Å². The van der Waals surface area contributed by atoms with E-state index in [4.69, 9.17) is 16.3 Å². The number of halogens is 1. The van der Waals surface area contributed by atoms with E-state index in [-0.39, 0.29) is 22.7 Å². The number of hydrogen-bond donors (Lipinski definition) is 2. The van der Waals surface area contributed by atoms with Crippen LogP contribution in [0, 0.1) is 0 Å². The minimum absolute atomic E-state index is 0.143. The molecule has 0 atom stereocenters. The summed E-state index contributed by atoms with van der Waals surface area (Å²) in [6.45, 7) is 2.06. The van der Waals surface area contributed by atoms with Crippen molar-refractivity contribution >= 4 is 38.9 Å². The fourth-order valence-corrected chi connectivity index (χ4v) is 3.92. The van der Waals surface area contributed by atoms with Crippen LogP contribution in [-0.2, 0) is 10.0 Å². The van der Waals surface area contributed by atoms with Gasteiger partial charge in [0.05, 0.1) is 17.0 Å². The van der Waals surface area contributed by atoms with E-state index in [0.717, 1.165) is 37.9 Å². The van der Waals surface area contributed by atoms with E-state index in [1.165, 1.54) is 18.2 Å². The van der Waals surface area contributed by atoms with Crippen LogP contribution in [0.1, 0.15) is 23.2 Å². The SMILES string of the molecule is CN1CCC(Oc2ccc(NC(=O)c3ccc(NS(C)(=O)=O)c(Cl)c3)cc2)CC1. The molecule has 0 radical (unpaired) electrons. The molecule has 0 saturated carbocycles. The number of hydrogen-bond acceptors (Lipinski definition) is 5. The van der Waals surface area contributed by atoms with Crippen LogP contribution in [0.2, 0.25) is 5.02 Å². The smallest absolute Gasteiger partial charge is 0.255 e. The molecule has 0 unspecified atom stereocenters. The first-order chi connectivity index (χ1) is 13.7. The van der Waals surface area contributed by atoms with Gasteiger partial charge < -0.3 is 15.0 Å². The third-order valence-corrected chi connectivity index (χ3v) is 5.51. The van der Waals surface area contributed by atoms with Crippen molar-refractivity contribution in [2.75, 3.05) is 36.4 Å². The highest BCUT2D eigenvalue weighted by molar-refractivity contribution is 7.92. The Kier molecular flexibility index (Phi) is 6.66. The Bertz CT molecular complexity index is 972. The van der Waals surface area contributed by atoms with E-state index >= 15 is 0 Å². The molecule has 29 heavy (non-hydrogen) atoms. The van der Waals surface area contributed by atoms with E-state index in [1.54, 1.807) is 12.1 Å². The number of amides is 1. The maximum atomic E-state index is 12.5. The van der Waals surface area contributed by atoms with Crippen molar-refractivity contribution in [3.8, 4) is 5.75 Å². The van der Waals surface area contributed by atoms with Gasteiger partial charge in [0.15, 0.2) is 0 Å². The Morgan fingerprint density at radius 2 is 1.79 bits per heavy atom. The van der Waals surface area contributed by atoms with Crippen LogP contribution in [-0.4, -0.2) is 51.7 Å². The lowest BCUT2D eigenvalue weighted by Crippen LogP contribution is -2.35. The van der Waals surface area contributed by atoms with E-state index in [9.17, 15) is 13.2 Å². The molecule has 7 nitrogen and oxygen atoms in total. The monoisotopic (exact) mass is 437 g/mol. The Morgan fingerprint density at radius 3 is 2.38 bits per heavy atom. The van der Waals surface area contributed by atoms with E-state index in [1.807, 2.05) is 12.1 Å². The fraction of sp³-hybridized carbons (Fsp3) is 0.350. The van der Waals surface area contributed by atoms with Crippen molar-refractivity contribution in [2.24, 2.45) is 0 Å². The first kappa shape index (κ1) is 21.4. The molecule has 1 heterocycles. The summed E-state index contributed by atoms with van der Waals surface area (Å²) < 4.78 is 30.9. The first-order valence-electron chi connectivity index (χ1n) is 9.23. The lowest BCUT2D eigenvalue weighted by atomic mass is 10.1. The van der Waals surface area contributed by atoms with E-state index in [2.05, 4.69) is 22.0 Å². The lowest BCUT2D eigenvalue weighted by molar-refractivity contribution is 0.102. The van der Waals surface area contributed by atoms with Gasteiger partial charge in [-0.3, -0.25) is 9.52 Å². The maximum absolute atomic E-state index is 12.5. The number of nitrogens with one attached hydrogen (secondary N) is 2. The first-order valence-corrected chi connectivity index (χ1v) is 11.5. The predicted molar refractivity (Wildman–Crippen MR) is 115 cm³/mol. The standard InChI is InChI=1S/C20H24ClN3O4S/c1-24-11-9-17(10-12-24)28-16-6-4-15(5-7-16)22-20(25)14-3-8-19(18(21)13-14)23-29(2,26)27/h3-8,13,17,23H,9-12H2,1-2H3,(H,22,25). The number of piperidine rings is 1. The van der Waals surface area contributed by atoms with Crippen molar-refractivity contribution < 1.29 is 17.9 Å². The Balaban J connectivity index is 1.59. The molecule has 0 aliphatic carbocycles. The van der Waals surface area contributed by atoms with Gasteiger partial charge in [0.1, 0.15) is 11.9 Å². The van der Waals surface area contributed by atoms with Gasteiger partial charge in [-0.05, 0) is 62.4 Å². The zero-order chi connectivity index (χ0) is 21.0. The van der Waals surface area contributed by atoms with E-state index in [0.29, 0.717) is 11.3 Å². The lowest BCUT2D eigenvalue weighted by Gasteiger charge is -2.29. The molecule has 1 amide bonds. The summed E-state index contributed by atoms with van der Waals surface area (Å²) in [5, 5.41) is 2.93. The second-order valence-electron chi connectivity index (χ2n) is 7.17. The van der Waals surface area contributed by atoms with Crippen LogP contribution in [0.3, 0.4) is 0 Å². The summed E-state index contributed by atoms with van der Waals surface area (Å²) in [7, 11) is -1.34. The minimum atomic E-state index is -3.45. The number of sulfonamides is 1. The molecule has 0 spiro atoms. The van der Waals surface area contributed by atoms with Gasteiger partial charge in [-0.1, -0.05) is 11.6 Å². The summed E-state index contributed by atoms with van der Waals surface area (Å²) in [4.78, 5) is 14.7. The van der Waals surface area contributed by atoms with Crippen molar-refractivity contribution in [1.82, 2.24) is 4.90 Å². The molecule has 0 aromatic heterocycles. The minimum Gasteiger partial charge on any atom is -0.490 e. The summed E-state index contributed by atoms with van der Waals surface area (Å²) in [5.74, 6) is 0.429. The number of rotatable bonds is 6. The van der Waals surface area contributed by atoms with Crippen LogP contribution in [0.15, 0.2) is 42.5 Å². The fourth-order valence-electron chi connectivity index (χ4n) is 3.05. The summed E-state index contributed by atoms with van der Waals surface area (Å²) in [6, 6.07) is 11.6. The normalized spacial score (nSPS) is 15.7. The number of carbonyl (C=O) groups is 1. The van der Waals surface area contributed by atoms with Crippen LogP contribution < -0.4 is 14.8 Å². The second-order valence-corrected chi connectivity index (χ2v) is 9.32. The van der Waals surface area contributed by atoms with Gasteiger partial charge in [-0.2, -0.15) is 0 Å². The molecule has 1 fully saturated rings. The zero-order valence-electron chi connectivity index (χ0n) is 16.3. The molecule has 9 heteroatoms. The topological polar surface area (TPSA) is 87.7 Å². The predicted octanol–water partition coefficient (Wildman–Crippen LogP) is 3.44. The van der Waals surface area contributed by atoms with Gasteiger partial charge in [0.25, 0.3) is 5.91 Å². The number of carbonyl (C=O) groups excluding carboxylic acids is 1. The molecule has 1 saturated heterocycles. The Labute approximate surface area is 176 Å². The number of benzene rings is 2. The summed E-state index contributed by atoms with van der Waals surface area (Å²) >= 11 is 6.08. The average molecular weight is 438 g/mol. The van der Waals surface area contributed by atoms with E-state index < -0.39 is 10.0 Å². The number of nitrogens with zero attached hydrogens (tertiary/aromatic N) is 1. The Hall–Kier alpha value is -2.29. The average Bonchev–Trinajstić information content (AvgIpc) is 2.66. The molecule has 2 aromatic carbocycles. The van der Waals surface area contributed by atoms with Gasteiger partial charge in [0.2, 0.25) is 10.0 Å². The molecule has 1 aliphatic heterocycles. The highest BCUT2D eigenvalue weighted by Crippen LogP contribution is 2.25. The molecule has 2 N–H and O–H groups in total. The largest absolute Gasteiger partial charge is 0.490 e. The Morgan fingerprint density at radius 1 is 1.14 bits per heavy atom. The molecular weight excluding hydrogens is 414 g/mol. The molecule has 3 rings (SSSR count). The molecule has 1 aliphatic rings. The van der Waals surface area contributed by atoms with Crippen molar-refractivity contribution in [3.63, 3.8) is 0 Å². The number of anilines is 2. The number of likely N-dealkylation sites (tertiary alicyclic amines) is 1. The quantitative estimate of drug-likeness (QED) is 0.722. The summed E-state index contributed by atoms with van der Waals surface area (Å²) in [6.07, 6.45) is 3.25.